The van der Waals surface area contributed by atoms with Crippen LogP contribution in [0.3, 0.4) is 0 Å². The van der Waals surface area contributed by atoms with Crippen molar-refractivity contribution in [3.05, 3.63) is 89.5 Å². The second-order valence-corrected chi connectivity index (χ2v) is 9.07. The summed E-state index contributed by atoms with van der Waals surface area (Å²) in [4.78, 5) is 35.2. The number of hydrogen-bond acceptors (Lipinski definition) is 6. The van der Waals surface area contributed by atoms with E-state index >= 15 is 0 Å². The first-order valence-corrected chi connectivity index (χ1v) is 11.9. The molecule has 0 unspecified atom stereocenters. The molecule has 3 aromatic carbocycles. The van der Waals surface area contributed by atoms with Gasteiger partial charge in [-0.2, -0.15) is 0 Å². The summed E-state index contributed by atoms with van der Waals surface area (Å²) in [6.07, 6.45) is 0. The molecule has 3 aromatic rings. The first-order chi connectivity index (χ1) is 16.7. The SMILES string of the molecule is COc1ccc(NS(=O)(=O)c2cccc(C(=O)NCc3ccc(C(=O)NCC(N)=O)cc3)c2)cc1. The summed E-state index contributed by atoms with van der Waals surface area (Å²) in [5, 5.41) is 5.10. The highest BCUT2D eigenvalue weighted by Crippen LogP contribution is 2.20. The number of rotatable bonds is 10. The third-order valence-electron chi connectivity index (χ3n) is 4.84. The molecular formula is C24H24N4O6S. The first kappa shape index (κ1) is 25.2. The number of benzene rings is 3. The van der Waals surface area contributed by atoms with E-state index in [1.165, 1.54) is 31.4 Å². The number of amides is 3. The van der Waals surface area contributed by atoms with E-state index in [2.05, 4.69) is 15.4 Å². The third kappa shape index (κ3) is 7.05. The van der Waals surface area contributed by atoms with E-state index in [0.717, 1.165) is 5.56 Å². The van der Waals surface area contributed by atoms with Gasteiger partial charge in [-0.25, -0.2) is 8.42 Å². The van der Waals surface area contributed by atoms with E-state index < -0.39 is 27.7 Å². The van der Waals surface area contributed by atoms with Crippen molar-refractivity contribution in [2.75, 3.05) is 18.4 Å². The lowest BCUT2D eigenvalue weighted by atomic mass is 10.1. The topological polar surface area (TPSA) is 157 Å². The number of sulfonamides is 1. The van der Waals surface area contributed by atoms with Crippen molar-refractivity contribution in [1.82, 2.24) is 10.6 Å². The molecule has 0 aromatic heterocycles. The maximum atomic E-state index is 12.7. The molecule has 11 heteroatoms. The number of nitrogens with one attached hydrogen (secondary N) is 3. The Morgan fingerprint density at radius 3 is 2.14 bits per heavy atom. The number of hydrogen-bond donors (Lipinski definition) is 4. The van der Waals surface area contributed by atoms with Crippen LogP contribution in [0.2, 0.25) is 0 Å². The van der Waals surface area contributed by atoms with Gasteiger partial charge in [0, 0.05) is 23.4 Å². The van der Waals surface area contributed by atoms with Gasteiger partial charge in [0.2, 0.25) is 5.91 Å². The van der Waals surface area contributed by atoms with Gasteiger partial charge < -0.3 is 21.1 Å². The number of methoxy groups -OCH3 is 1. The highest BCUT2D eigenvalue weighted by atomic mass is 32.2. The van der Waals surface area contributed by atoms with Crippen molar-refractivity contribution in [2.45, 2.75) is 11.4 Å². The average molecular weight is 497 g/mol. The Kier molecular flexibility index (Phi) is 8.05. The smallest absolute Gasteiger partial charge is 0.261 e. The summed E-state index contributed by atoms with van der Waals surface area (Å²) in [5.74, 6) is -0.964. The molecule has 182 valence electrons. The van der Waals surface area contributed by atoms with E-state index in [1.807, 2.05) is 0 Å². The van der Waals surface area contributed by atoms with Gasteiger partial charge in [-0.3, -0.25) is 19.1 Å². The van der Waals surface area contributed by atoms with E-state index in [9.17, 15) is 22.8 Å². The molecule has 0 aliphatic heterocycles. The molecule has 0 atom stereocenters. The summed E-state index contributed by atoms with van der Waals surface area (Å²) in [7, 11) is -2.40. The minimum Gasteiger partial charge on any atom is -0.497 e. The lowest BCUT2D eigenvalue weighted by Crippen LogP contribution is -2.33. The van der Waals surface area contributed by atoms with Crippen LogP contribution in [0.5, 0.6) is 5.75 Å². The Hall–Kier alpha value is -4.38. The lowest BCUT2D eigenvalue weighted by molar-refractivity contribution is -0.117. The monoisotopic (exact) mass is 496 g/mol. The second-order valence-electron chi connectivity index (χ2n) is 7.39. The first-order valence-electron chi connectivity index (χ1n) is 10.4. The number of ether oxygens (including phenoxy) is 1. The molecule has 0 spiro atoms. The summed E-state index contributed by atoms with van der Waals surface area (Å²) < 4.78 is 33.0. The van der Waals surface area contributed by atoms with Crippen LogP contribution in [-0.4, -0.2) is 39.8 Å². The Balaban J connectivity index is 1.62. The number of anilines is 1. The van der Waals surface area contributed by atoms with E-state index in [-0.39, 0.29) is 23.5 Å². The largest absolute Gasteiger partial charge is 0.497 e. The van der Waals surface area contributed by atoms with Crippen LogP contribution < -0.4 is 25.8 Å². The van der Waals surface area contributed by atoms with Crippen LogP contribution >= 0.6 is 0 Å². The maximum Gasteiger partial charge on any atom is 0.261 e. The minimum atomic E-state index is -3.92. The fraction of sp³-hybridized carbons (Fsp3) is 0.125. The number of nitrogens with two attached hydrogens (primary N) is 1. The zero-order chi connectivity index (χ0) is 25.4. The fourth-order valence-corrected chi connectivity index (χ4v) is 4.11. The van der Waals surface area contributed by atoms with Crippen LogP contribution in [0.1, 0.15) is 26.3 Å². The summed E-state index contributed by atoms with van der Waals surface area (Å²) in [5.41, 5.74) is 6.58. The number of carbonyl (C=O) groups excluding carboxylic acids is 3. The fourth-order valence-electron chi connectivity index (χ4n) is 3.01. The van der Waals surface area contributed by atoms with E-state index in [0.29, 0.717) is 17.0 Å². The van der Waals surface area contributed by atoms with Crippen molar-refractivity contribution >= 4 is 33.4 Å². The molecule has 0 saturated carbocycles. The highest BCUT2D eigenvalue weighted by molar-refractivity contribution is 7.92. The molecule has 3 rings (SSSR count). The van der Waals surface area contributed by atoms with Crippen LogP contribution in [0, 0.1) is 0 Å². The van der Waals surface area contributed by atoms with Gasteiger partial charge in [-0.05, 0) is 60.2 Å². The summed E-state index contributed by atoms with van der Waals surface area (Å²) in [6, 6.07) is 18.5. The molecule has 0 aliphatic rings. The molecule has 0 bridgehead atoms. The van der Waals surface area contributed by atoms with Gasteiger partial charge in [0.05, 0.1) is 18.6 Å². The van der Waals surface area contributed by atoms with Crippen LogP contribution in [0.25, 0.3) is 0 Å². The summed E-state index contributed by atoms with van der Waals surface area (Å²) >= 11 is 0. The average Bonchev–Trinajstić information content (AvgIpc) is 2.86. The molecule has 0 saturated heterocycles. The molecule has 0 heterocycles. The predicted octanol–water partition coefficient (Wildman–Crippen LogP) is 1.64. The van der Waals surface area contributed by atoms with Crippen molar-refractivity contribution in [2.24, 2.45) is 5.73 Å². The molecule has 5 N–H and O–H groups in total. The van der Waals surface area contributed by atoms with Crippen LogP contribution in [-0.2, 0) is 21.4 Å². The van der Waals surface area contributed by atoms with Crippen molar-refractivity contribution < 1.29 is 27.5 Å². The molecule has 35 heavy (non-hydrogen) atoms. The Bertz CT molecular complexity index is 1320. The zero-order valence-electron chi connectivity index (χ0n) is 18.8. The van der Waals surface area contributed by atoms with Crippen LogP contribution in [0.4, 0.5) is 5.69 Å². The van der Waals surface area contributed by atoms with Crippen molar-refractivity contribution in [1.29, 1.82) is 0 Å². The number of primary amides is 1. The van der Waals surface area contributed by atoms with Gasteiger partial charge >= 0.3 is 0 Å². The highest BCUT2D eigenvalue weighted by Gasteiger charge is 2.17. The molecule has 0 radical (unpaired) electrons. The van der Waals surface area contributed by atoms with Gasteiger partial charge in [-0.15, -0.1) is 0 Å². The van der Waals surface area contributed by atoms with E-state index in [4.69, 9.17) is 10.5 Å². The lowest BCUT2D eigenvalue weighted by Gasteiger charge is -2.11. The summed E-state index contributed by atoms with van der Waals surface area (Å²) in [6.45, 7) is -0.107. The molecule has 3 amide bonds. The zero-order valence-corrected chi connectivity index (χ0v) is 19.6. The van der Waals surface area contributed by atoms with Crippen molar-refractivity contribution in [3.8, 4) is 5.75 Å². The molecular weight excluding hydrogens is 472 g/mol. The van der Waals surface area contributed by atoms with Gasteiger partial charge in [-0.1, -0.05) is 18.2 Å². The maximum absolute atomic E-state index is 12.7. The number of carbonyl (C=O) groups is 3. The van der Waals surface area contributed by atoms with Crippen LogP contribution in [0.15, 0.2) is 77.7 Å². The van der Waals surface area contributed by atoms with Crippen molar-refractivity contribution in [3.63, 3.8) is 0 Å². The quantitative estimate of drug-likeness (QED) is 0.334. The predicted molar refractivity (Wildman–Crippen MR) is 129 cm³/mol. The van der Waals surface area contributed by atoms with Gasteiger partial charge in [0.1, 0.15) is 5.75 Å². The van der Waals surface area contributed by atoms with Gasteiger partial charge in [0.15, 0.2) is 0 Å². The van der Waals surface area contributed by atoms with Gasteiger partial charge in [0.25, 0.3) is 21.8 Å². The second kappa shape index (κ2) is 11.2. The molecule has 0 fully saturated rings. The molecule has 10 nitrogen and oxygen atoms in total. The normalized spacial score (nSPS) is 10.8. The Labute approximate surface area is 202 Å². The Morgan fingerprint density at radius 2 is 1.51 bits per heavy atom. The third-order valence-corrected chi connectivity index (χ3v) is 6.22. The standard InChI is InChI=1S/C24H24N4O6S/c1-34-20-11-9-19(10-12-20)28-35(32,33)21-4-2-3-18(13-21)24(31)26-14-16-5-7-17(8-6-16)23(30)27-15-22(25)29/h2-13,28H,14-15H2,1H3,(H2,25,29)(H,26,31)(H,27,30). The Morgan fingerprint density at radius 1 is 0.857 bits per heavy atom. The molecule has 0 aliphatic carbocycles. The van der Waals surface area contributed by atoms with E-state index in [1.54, 1.807) is 48.5 Å². The minimum absolute atomic E-state index is 0.0627.